The second kappa shape index (κ2) is 4.91. The van der Waals surface area contributed by atoms with Crippen LogP contribution in [0.3, 0.4) is 0 Å². The van der Waals surface area contributed by atoms with Crippen molar-refractivity contribution in [2.24, 2.45) is 0 Å². The molecule has 3 rings (SSSR count). The summed E-state index contributed by atoms with van der Waals surface area (Å²) in [5.74, 6) is 0.848. The van der Waals surface area contributed by atoms with Crippen molar-refractivity contribution in [1.29, 1.82) is 0 Å². The van der Waals surface area contributed by atoms with Crippen LogP contribution in [0.15, 0.2) is 24.3 Å². The Hall–Kier alpha value is -1.22. The number of halogens is 1. The molecular formula is C18H22BrNO. The maximum Gasteiger partial charge on any atom is 0.125 e. The molecular weight excluding hydrogens is 326 g/mol. The minimum Gasteiger partial charge on any atom is -0.507 e. The van der Waals surface area contributed by atoms with Crippen molar-refractivity contribution in [3.8, 4) is 5.75 Å². The number of fused-ring (bicyclic) bond motifs is 3. The summed E-state index contributed by atoms with van der Waals surface area (Å²) in [5, 5.41) is 13.6. The molecule has 1 aliphatic rings. The van der Waals surface area contributed by atoms with Crippen LogP contribution in [-0.2, 0) is 0 Å². The van der Waals surface area contributed by atoms with Crippen molar-refractivity contribution in [1.82, 2.24) is 0 Å². The summed E-state index contributed by atoms with van der Waals surface area (Å²) in [6.07, 6.45) is 0. The number of phenolic OH excluding ortho intramolecular Hbond substituents is 1. The third kappa shape index (κ3) is 2.22. The van der Waals surface area contributed by atoms with Crippen LogP contribution in [0.1, 0.15) is 37.8 Å². The van der Waals surface area contributed by atoms with E-state index >= 15 is 0 Å². The van der Waals surface area contributed by atoms with E-state index in [4.69, 9.17) is 0 Å². The number of nitrogens with zero attached hydrogens (tertiary/aromatic N) is 1. The first-order chi connectivity index (χ1) is 9.84. The highest BCUT2D eigenvalue weighted by Gasteiger charge is 2.36. The Bertz CT molecular complexity index is 702. The molecule has 112 valence electrons. The molecule has 0 saturated heterocycles. The highest BCUT2D eigenvalue weighted by Crippen LogP contribution is 2.48. The molecule has 1 atom stereocenters. The van der Waals surface area contributed by atoms with Gasteiger partial charge in [-0.25, -0.2) is 0 Å². The highest BCUT2D eigenvalue weighted by atomic mass is 79.9. The predicted molar refractivity (Wildman–Crippen MR) is 94.0 cm³/mol. The zero-order valence-electron chi connectivity index (χ0n) is 13.1. The zero-order chi connectivity index (χ0) is 15.4. The summed E-state index contributed by atoms with van der Waals surface area (Å²) in [6, 6.07) is 8.12. The minimum absolute atomic E-state index is 0.0501. The quantitative estimate of drug-likeness (QED) is 0.737. The molecule has 0 bridgehead atoms. The molecule has 0 spiro atoms. The van der Waals surface area contributed by atoms with Gasteiger partial charge in [-0.05, 0) is 44.2 Å². The standard InChI is InChI=1S/C18H22BrNO/c1-11-6-5-7-13-15(21)8-14-17(16(11)13)12(9-19)10-20(14)18(2,3)4/h5-8,12,21H,9-10H2,1-4H3/t12-/m1/s1. The van der Waals surface area contributed by atoms with Gasteiger partial charge >= 0.3 is 0 Å². The predicted octanol–water partition coefficient (Wildman–Crippen LogP) is 4.95. The van der Waals surface area contributed by atoms with Crippen LogP contribution in [0.2, 0.25) is 0 Å². The van der Waals surface area contributed by atoms with Crippen molar-refractivity contribution in [3.05, 3.63) is 35.4 Å². The van der Waals surface area contributed by atoms with Crippen LogP contribution < -0.4 is 4.90 Å². The molecule has 2 aromatic carbocycles. The third-order valence-corrected chi connectivity index (χ3v) is 5.25. The van der Waals surface area contributed by atoms with Gasteiger partial charge < -0.3 is 10.0 Å². The van der Waals surface area contributed by atoms with E-state index in [1.54, 1.807) is 0 Å². The fourth-order valence-electron chi connectivity index (χ4n) is 3.46. The van der Waals surface area contributed by atoms with Crippen LogP contribution in [0.5, 0.6) is 5.75 Å². The van der Waals surface area contributed by atoms with Crippen LogP contribution in [0, 0.1) is 6.92 Å². The van der Waals surface area contributed by atoms with Crippen LogP contribution in [-0.4, -0.2) is 22.5 Å². The lowest BCUT2D eigenvalue weighted by Gasteiger charge is -2.35. The average molecular weight is 348 g/mol. The Morgan fingerprint density at radius 2 is 2.05 bits per heavy atom. The number of phenols is 1. The van der Waals surface area contributed by atoms with Gasteiger partial charge in [0.15, 0.2) is 0 Å². The van der Waals surface area contributed by atoms with Crippen LogP contribution in [0.4, 0.5) is 5.69 Å². The Labute approximate surface area is 134 Å². The Balaban J connectivity index is 2.37. The largest absolute Gasteiger partial charge is 0.507 e. The summed E-state index contributed by atoms with van der Waals surface area (Å²) in [5.41, 5.74) is 3.86. The molecule has 0 amide bonds. The van der Waals surface area contributed by atoms with E-state index in [0.29, 0.717) is 11.7 Å². The summed E-state index contributed by atoms with van der Waals surface area (Å²) < 4.78 is 0. The van der Waals surface area contributed by atoms with Gasteiger partial charge in [0.1, 0.15) is 5.75 Å². The highest BCUT2D eigenvalue weighted by molar-refractivity contribution is 9.09. The number of benzene rings is 2. The maximum atomic E-state index is 10.5. The molecule has 0 unspecified atom stereocenters. The molecule has 1 heterocycles. The van der Waals surface area contributed by atoms with E-state index in [9.17, 15) is 5.11 Å². The van der Waals surface area contributed by atoms with Gasteiger partial charge in [-0.3, -0.25) is 0 Å². The second-order valence-corrected chi connectivity index (χ2v) is 7.61. The summed E-state index contributed by atoms with van der Waals surface area (Å²) in [7, 11) is 0. The molecule has 0 radical (unpaired) electrons. The number of rotatable bonds is 1. The molecule has 0 aromatic heterocycles. The monoisotopic (exact) mass is 347 g/mol. The van der Waals surface area contributed by atoms with Gasteiger partial charge in [0.05, 0.1) is 0 Å². The van der Waals surface area contributed by atoms with E-state index in [-0.39, 0.29) is 5.54 Å². The van der Waals surface area contributed by atoms with Crippen molar-refractivity contribution >= 4 is 32.4 Å². The molecule has 1 N–H and O–H groups in total. The van der Waals surface area contributed by atoms with Crippen LogP contribution in [0.25, 0.3) is 10.8 Å². The van der Waals surface area contributed by atoms with Gasteiger partial charge in [-0.15, -0.1) is 0 Å². The zero-order valence-corrected chi connectivity index (χ0v) is 14.7. The average Bonchev–Trinajstić information content (AvgIpc) is 2.77. The SMILES string of the molecule is Cc1cccc2c(O)cc3c(c12)[C@H](CBr)CN3C(C)(C)C. The normalized spacial score (nSPS) is 18.3. The summed E-state index contributed by atoms with van der Waals surface area (Å²) in [4.78, 5) is 2.42. The fraction of sp³-hybridized carbons (Fsp3) is 0.444. The minimum atomic E-state index is 0.0501. The topological polar surface area (TPSA) is 23.5 Å². The fourth-order valence-corrected chi connectivity index (χ4v) is 3.99. The molecule has 0 fully saturated rings. The second-order valence-electron chi connectivity index (χ2n) is 6.96. The lowest BCUT2D eigenvalue weighted by atomic mass is 9.92. The van der Waals surface area contributed by atoms with Crippen LogP contribution >= 0.6 is 15.9 Å². The lowest BCUT2D eigenvalue weighted by Crippen LogP contribution is -2.40. The van der Waals surface area contributed by atoms with Gasteiger partial charge in [0.2, 0.25) is 0 Å². The molecule has 3 heteroatoms. The number of anilines is 1. The Morgan fingerprint density at radius 1 is 1.33 bits per heavy atom. The van der Waals surface area contributed by atoms with Crippen molar-refractivity contribution in [3.63, 3.8) is 0 Å². The van der Waals surface area contributed by atoms with E-state index in [1.165, 1.54) is 22.2 Å². The first-order valence-electron chi connectivity index (χ1n) is 7.43. The first-order valence-corrected chi connectivity index (χ1v) is 8.55. The molecule has 1 aliphatic heterocycles. The van der Waals surface area contributed by atoms with Crippen molar-refractivity contribution in [2.75, 3.05) is 16.8 Å². The van der Waals surface area contributed by atoms with E-state index in [2.05, 4.69) is 54.6 Å². The third-order valence-electron chi connectivity index (χ3n) is 4.47. The Morgan fingerprint density at radius 3 is 2.67 bits per heavy atom. The van der Waals surface area contributed by atoms with Gasteiger partial charge in [-0.1, -0.05) is 34.1 Å². The first kappa shape index (κ1) is 14.7. The van der Waals surface area contributed by atoms with E-state index in [0.717, 1.165) is 17.3 Å². The number of hydrogen-bond acceptors (Lipinski definition) is 2. The van der Waals surface area contributed by atoms with E-state index < -0.39 is 0 Å². The lowest BCUT2D eigenvalue weighted by molar-refractivity contribution is 0.479. The molecule has 21 heavy (non-hydrogen) atoms. The number of alkyl halides is 1. The van der Waals surface area contributed by atoms with Gasteiger partial charge in [0.25, 0.3) is 0 Å². The van der Waals surface area contributed by atoms with Gasteiger partial charge in [0, 0.05) is 40.5 Å². The number of hydrogen-bond donors (Lipinski definition) is 1. The number of aryl methyl sites for hydroxylation is 1. The summed E-state index contributed by atoms with van der Waals surface area (Å²) in [6.45, 7) is 9.82. The van der Waals surface area contributed by atoms with Gasteiger partial charge in [-0.2, -0.15) is 0 Å². The molecule has 2 aromatic rings. The molecule has 0 aliphatic carbocycles. The van der Waals surface area contributed by atoms with E-state index in [1.807, 2.05) is 18.2 Å². The molecule has 0 saturated carbocycles. The number of aromatic hydroxyl groups is 1. The van der Waals surface area contributed by atoms with Crippen molar-refractivity contribution in [2.45, 2.75) is 39.2 Å². The smallest absolute Gasteiger partial charge is 0.125 e. The molecule has 2 nitrogen and oxygen atoms in total. The summed E-state index contributed by atoms with van der Waals surface area (Å²) >= 11 is 3.68. The van der Waals surface area contributed by atoms with Crippen molar-refractivity contribution < 1.29 is 5.11 Å². The maximum absolute atomic E-state index is 10.5. The Kier molecular flexibility index (Phi) is 3.44.